The van der Waals surface area contributed by atoms with Crippen molar-refractivity contribution < 1.29 is 4.74 Å². The van der Waals surface area contributed by atoms with Crippen LogP contribution in [0.5, 0.6) is 11.6 Å². The lowest BCUT2D eigenvalue weighted by Crippen LogP contribution is -1.97. The van der Waals surface area contributed by atoms with Gasteiger partial charge in [0.1, 0.15) is 6.33 Å². The number of nitrogens with two attached hydrogens (primary N) is 1. The molecule has 96 valence electrons. The average molecular weight is 255 g/mol. The van der Waals surface area contributed by atoms with Crippen LogP contribution in [-0.4, -0.2) is 19.6 Å². The fraction of sp³-hybridized carbons (Fsp3) is 0.154. The number of hydrogen-bond acceptors (Lipinski definition) is 5. The number of anilines is 1. The lowest BCUT2D eigenvalue weighted by molar-refractivity contribution is 0.467. The molecule has 0 spiro atoms. The van der Waals surface area contributed by atoms with E-state index < -0.39 is 0 Å². The maximum absolute atomic E-state index is 5.97. The van der Waals surface area contributed by atoms with Crippen molar-refractivity contribution in [2.75, 3.05) is 5.73 Å². The standard InChI is InChI=1S/C13H13N5O/c1-2-9-3-4-11(10(14)7-9)19-13-12-17-16-8-18(12)6-5-15-13/h3-8H,2,14H2,1H3. The summed E-state index contributed by atoms with van der Waals surface area (Å²) in [6, 6.07) is 5.73. The van der Waals surface area contributed by atoms with Crippen LogP contribution >= 0.6 is 0 Å². The molecule has 6 heteroatoms. The molecule has 0 aliphatic carbocycles. The first-order chi connectivity index (χ1) is 9.28. The molecule has 0 bridgehead atoms. The third-order valence-electron chi connectivity index (χ3n) is 2.87. The number of fused-ring (bicyclic) bond motifs is 1. The molecule has 1 aromatic carbocycles. The van der Waals surface area contributed by atoms with Crippen LogP contribution in [0.1, 0.15) is 12.5 Å². The Morgan fingerprint density at radius 1 is 1.37 bits per heavy atom. The zero-order chi connectivity index (χ0) is 13.2. The second-order valence-corrected chi connectivity index (χ2v) is 4.12. The van der Waals surface area contributed by atoms with E-state index in [4.69, 9.17) is 10.5 Å². The minimum absolute atomic E-state index is 0.385. The normalized spacial score (nSPS) is 10.8. The van der Waals surface area contributed by atoms with Gasteiger partial charge in [-0.05, 0) is 24.1 Å². The second-order valence-electron chi connectivity index (χ2n) is 4.12. The van der Waals surface area contributed by atoms with E-state index in [0.29, 0.717) is 23.0 Å². The van der Waals surface area contributed by atoms with Crippen LogP contribution in [0.3, 0.4) is 0 Å². The lowest BCUT2D eigenvalue weighted by atomic mass is 10.1. The van der Waals surface area contributed by atoms with E-state index in [2.05, 4.69) is 22.1 Å². The van der Waals surface area contributed by atoms with Crippen LogP contribution in [0.2, 0.25) is 0 Å². The molecule has 0 saturated heterocycles. The van der Waals surface area contributed by atoms with Gasteiger partial charge in [-0.3, -0.25) is 4.40 Å². The van der Waals surface area contributed by atoms with Gasteiger partial charge in [0.25, 0.3) is 5.88 Å². The first kappa shape index (κ1) is 11.5. The number of aryl methyl sites for hydroxylation is 1. The van der Waals surface area contributed by atoms with Crippen molar-refractivity contribution >= 4 is 11.3 Å². The molecule has 2 N–H and O–H groups in total. The molecule has 0 aliphatic heterocycles. The van der Waals surface area contributed by atoms with Gasteiger partial charge in [-0.2, -0.15) is 0 Å². The first-order valence-corrected chi connectivity index (χ1v) is 5.98. The predicted octanol–water partition coefficient (Wildman–Crippen LogP) is 2.06. The van der Waals surface area contributed by atoms with E-state index in [1.54, 1.807) is 23.1 Å². The predicted molar refractivity (Wildman–Crippen MR) is 71.1 cm³/mol. The summed E-state index contributed by atoms with van der Waals surface area (Å²) in [5.74, 6) is 0.955. The van der Waals surface area contributed by atoms with Gasteiger partial charge >= 0.3 is 0 Å². The number of nitrogen functional groups attached to an aromatic ring is 1. The van der Waals surface area contributed by atoms with Gasteiger partial charge in [0.15, 0.2) is 5.75 Å². The smallest absolute Gasteiger partial charge is 0.265 e. The average Bonchev–Trinajstić information content (AvgIpc) is 2.90. The maximum atomic E-state index is 5.97. The summed E-state index contributed by atoms with van der Waals surface area (Å²) in [5.41, 5.74) is 8.28. The van der Waals surface area contributed by atoms with E-state index in [9.17, 15) is 0 Å². The summed E-state index contributed by atoms with van der Waals surface area (Å²) < 4.78 is 7.46. The molecular weight excluding hydrogens is 242 g/mol. The molecule has 2 aromatic heterocycles. The fourth-order valence-electron chi connectivity index (χ4n) is 1.82. The number of ether oxygens (including phenoxy) is 1. The minimum atomic E-state index is 0.385. The molecule has 0 aliphatic rings. The molecule has 3 rings (SSSR count). The van der Waals surface area contributed by atoms with Gasteiger partial charge in [-0.1, -0.05) is 13.0 Å². The first-order valence-electron chi connectivity index (χ1n) is 5.98. The van der Waals surface area contributed by atoms with Crippen molar-refractivity contribution in [3.63, 3.8) is 0 Å². The molecule has 0 atom stereocenters. The third-order valence-corrected chi connectivity index (χ3v) is 2.87. The zero-order valence-electron chi connectivity index (χ0n) is 10.4. The van der Waals surface area contributed by atoms with E-state index in [1.165, 1.54) is 5.56 Å². The highest BCUT2D eigenvalue weighted by Gasteiger charge is 2.09. The molecule has 0 saturated carbocycles. The molecule has 19 heavy (non-hydrogen) atoms. The van der Waals surface area contributed by atoms with Gasteiger partial charge in [0.2, 0.25) is 5.65 Å². The highest BCUT2D eigenvalue weighted by atomic mass is 16.5. The van der Waals surface area contributed by atoms with E-state index in [1.807, 2.05) is 18.2 Å². The Labute approximate surface area is 109 Å². The van der Waals surface area contributed by atoms with Gasteiger partial charge < -0.3 is 10.5 Å². The molecule has 0 radical (unpaired) electrons. The van der Waals surface area contributed by atoms with Crippen LogP contribution in [0, 0.1) is 0 Å². The molecule has 0 amide bonds. The lowest BCUT2D eigenvalue weighted by Gasteiger charge is -2.09. The fourth-order valence-corrected chi connectivity index (χ4v) is 1.82. The Kier molecular flexibility index (Phi) is 2.75. The number of hydrogen-bond donors (Lipinski definition) is 1. The van der Waals surface area contributed by atoms with E-state index >= 15 is 0 Å². The van der Waals surface area contributed by atoms with Gasteiger partial charge in [0, 0.05) is 12.4 Å². The minimum Gasteiger partial charge on any atom is -0.434 e. The molecule has 2 heterocycles. The number of nitrogens with zero attached hydrogens (tertiary/aromatic N) is 4. The SMILES string of the molecule is CCc1ccc(Oc2nccn3cnnc23)c(N)c1. The van der Waals surface area contributed by atoms with Crippen molar-refractivity contribution in [3.05, 3.63) is 42.5 Å². The molecule has 6 nitrogen and oxygen atoms in total. The monoisotopic (exact) mass is 255 g/mol. The number of benzene rings is 1. The van der Waals surface area contributed by atoms with Crippen LogP contribution in [-0.2, 0) is 6.42 Å². The van der Waals surface area contributed by atoms with Crippen LogP contribution in [0.15, 0.2) is 36.9 Å². The Morgan fingerprint density at radius 2 is 2.26 bits per heavy atom. The Balaban J connectivity index is 1.99. The molecule has 0 fully saturated rings. The Bertz CT molecular complexity index is 722. The molecule has 3 aromatic rings. The van der Waals surface area contributed by atoms with Crippen molar-refractivity contribution in [3.8, 4) is 11.6 Å². The highest BCUT2D eigenvalue weighted by Crippen LogP contribution is 2.28. The Morgan fingerprint density at radius 3 is 3.05 bits per heavy atom. The highest BCUT2D eigenvalue weighted by molar-refractivity contribution is 5.58. The summed E-state index contributed by atoms with van der Waals surface area (Å²) >= 11 is 0. The van der Waals surface area contributed by atoms with Crippen LogP contribution in [0.25, 0.3) is 5.65 Å². The van der Waals surface area contributed by atoms with Crippen molar-refractivity contribution in [1.29, 1.82) is 0 Å². The van der Waals surface area contributed by atoms with Gasteiger partial charge in [-0.25, -0.2) is 4.98 Å². The number of rotatable bonds is 3. The summed E-state index contributed by atoms with van der Waals surface area (Å²) in [6.45, 7) is 2.08. The molecule has 0 unspecified atom stereocenters. The largest absolute Gasteiger partial charge is 0.434 e. The van der Waals surface area contributed by atoms with Gasteiger partial charge in [-0.15, -0.1) is 10.2 Å². The van der Waals surface area contributed by atoms with Crippen molar-refractivity contribution in [1.82, 2.24) is 19.6 Å². The van der Waals surface area contributed by atoms with Crippen LogP contribution < -0.4 is 10.5 Å². The third kappa shape index (κ3) is 2.08. The topological polar surface area (TPSA) is 78.3 Å². The van der Waals surface area contributed by atoms with Crippen molar-refractivity contribution in [2.45, 2.75) is 13.3 Å². The summed E-state index contributed by atoms with van der Waals surface area (Å²) in [5, 5.41) is 7.78. The van der Waals surface area contributed by atoms with E-state index in [0.717, 1.165) is 6.42 Å². The van der Waals surface area contributed by atoms with E-state index in [-0.39, 0.29) is 0 Å². The quantitative estimate of drug-likeness (QED) is 0.725. The van der Waals surface area contributed by atoms with Crippen molar-refractivity contribution in [2.24, 2.45) is 0 Å². The summed E-state index contributed by atoms with van der Waals surface area (Å²) in [4.78, 5) is 4.16. The molecular formula is C13H13N5O. The second kappa shape index (κ2) is 4.56. The van der Waals surface area contributed by atoms with Crippen LogP contribution in [0.4, 0.5) is 5.69 Å². The zero-order valence-corrected chi connectivity index (χ0v) is 10.4. The Hall–Kier alpha value is -2.63. The number of aromatic nitrogens is 4. The summed E-state index contributed by atoms with van der Waals surface area (Å²) in [7, 11) is 0. The van der Waals surface area contributed by atoms with Gasteiger partial charge in [0.05, 0.1) is 5.69 Å². The maximum Gasteiger partial charge on any atom is 0.265 e. The summed E-state index contributed by atoms with van der Waals surface area (Å²) in [6.07, 6.45) is 5.91.